The van der Waals surface area contributed by atoms with Crippen LogP contribution < -0.4 is 5.73 Å². The van der Waals surface area contributed by atoms with Crippen LogP contribution in [0.4, 0.5) is 0 Å². The molecule has 16 heavy (non-hydrogen) atoms. The highest BCUT2D eigenvalue weighted by molar-refractivity contribution is 4.99. The Hall–Kier alpha value is -0.120. The van der Waals surface area contributed by atoms with Crippen molar-refractivity contribution in [3.63, 3.8) is 0 Å². The number of hydrogen-bond acceptors (Lipinski definition) is 3. The van der Waals surface area contributed by atoms with Crippen molar-refractivity contribution in [2.45, 2.75) is 51.1 Å². The van der Waals surface area contributed by atoms with Crippen LogP contribution in [0.2, 0.25) is 0 Å². The number of nitrogens with zero attached hydrogens (tertiary/aromatic N) is 1. The average molecular weight is 226 g/mol. The molecule has 2 aliphatic heterocycles. The van der Waals surface area contributed by atoms with Crippen molar-refractivity contribution in [3.05, 3.63) is 0 Å². The lowest BCUT2D eigenvalue weighted by Gasteiger charge is -2.45. The monoisotopic (exact) mass is 226 g/mol. The van der Waals surface area contributed by atoms with Gasteiger partial charge in [0.1, 0.15) is 0 Å². The molecule has 3 unspecified atom stereocenters. The van der Waals surface area contributed by atoms with E-state index in [1.54, 1.807) is 0 Å². The fourth-order valence-corrected chi connectivity index (χ4v) is 3.24. The second-order valence-electron chi connectivity index (χ2n) is 5.55. The molecule has 2 saturated heterocycles. The third-order valence-corrected chi connectivity index (χ3v) is 4.74. The van der Waals surface area contributed by atoms with Crippen molar-refractivity contribution < 1.29 is 4.74 Å². The third kappa shape index (κ3) is 2.13. The van der Waals surface area contributed by atoms with Gasteiger partial charge in [0.05, 0.1) is 6.61 Å². The topological polar surface area (TPSA) is 38.5 Å². The zero-order valence-corrected chi connectivity index (χ0v) is 10.7. The molecule has 0 aromatic rings. The van der Waals surface area contributed by atoms with Crippen molar-refractivity contribution in [3.8, 4) is 0 Å². The van der Waals surface area contributed by atoms with Crippen LogP contribution in [-0.4, -0.2) is 42.8 Å². The van der Waals surface area contributed by atoms with Crippen molar-refractivity contribution in [2.75, 3.05) is 26.3 Å². The molecule has 0 aromatic carbocycles. The molecule has 0 radical (unpaired) electrons. The van der Waals surface area contributed by atoms with Gasteiger partial charge < -0.3 is 10.5 Å². The van der Waals surface area contributed by atoms with Gasteiger partial charge in [-0.3, -0.25) is 4.90 Å². The van der Waals surface area contributed by atoms with E-state index in [4.69, 9.17) is 10.5 Å². The SMILES string of the molecule is CCC(C)(C(N)C1CCOC1)N1CCCC1. The lowest BCUT2D eigenvalue weighted by Crippen LogP contribution is -2.59. The van der Waals surface area contributed by atoms with Crippen molar-refractivity contribution in [2.24, 2.45) is 11.7 Å². The van der Waals surface area contributed by atoms with E-state index >= 15 is 0 Å². The minimum atomic E-state index is 0.175. The van der Waals surface area contributed by atoms with Gasteiger partial charge in [0, 0.05) is 24.1 Å². The van der Waals surface area contributed by atoms with Crippen LogP contribution in [0.1, 0.15) is 39.5 Å². The Kier molecular flexibility index (Phi) is 3.88. The summed E-state index contributed by atoms with van der Waals surface area (Å²) < 4.78 is 5.48. The molecule has 2 heterocycles. The summed E-state index contributed by atoms with van der Waals surface area (Å²) in [6.45, 7) is 8.84. The van der Waals surface area contributed by atoms with Gasteiger partial charge in [-0.15, -0.1) is 0 Å². The van der Waals surface area contributed by atoms with E-state index < -0.39 is 0 Å². The predicted octanol–water partition coefficient (Wildman–Crippen LogP) is 1.61. The normalized spacial score (nSPS) is 32.8. The highest BCUT2D eigenvalue weighted by Gasteiger charge is 2.41. The van der Waals surface area contributed by atoms with E-state index in [-0.39, 0.29) is 11.6 Å². The zero-order chi connectivity index (χ0) is 11.6. The fraction of sp³-hybridized carbons (Fsp3) is 1.00. The molecule has 0 aromatic heterocycles. The summed E-state index contributed by atoms with van der Waals surface area (Å²) in [5.41, 5.74) is 6.70. The van der Waals surface area contributed by atoms with Crippen LogP contribution >= 0.6 is 0 Å². The summed E-state index contributed by atoms with van der Waals surface area (Å²) in [6.07, 6.45) is 4.96. The van der Waals surface area contributed by atoms with Gasteiger partial charge in [-0.25, -0.2) is 0 Å². The van der Waals surface area contributed by atoms with Crippen molar-refractivity contribution in [1.29, 1.82) is 0 Å². The molecule has 2 aliphatic rings. The van der Waals surface area contributed by atoms with E-state index in [0.29, 0.717) is 5.92 Å². The first-order chi connectivity index (χ1) is 7.68. The summed E-state index contributed by atoms with van der Waals surface area (Å²) in [7, 11) is 0. The van der Waals surface area contributed by atoms with Crippen LogP contribution in [0.25, 0.3) is 0 Å². The minimum absolute atomic E-state index is 0.175. The Morgan fingerprint density at radius 3 is 2.62 bits per heavy atom. The Bertz CT molecular complexity index is 222. The van der Waals surface area contributed by atoms with E-state index in [0.717, 1.165) is 26.1 Å². The van der Waals surface area contributed by atoms with Gasteiger partial charge in [-0.05, 0) is 45.7 Å². The van der Waals surface area contributed by atoms with Crippen LogP contribution in [0.3, 0.4) is 0 Å². The Balaban J connectivity index is 2.05. The number of likely N-dealkylation sites (tertiary alicyclic amines) is 1. The lowest BCUT2D eigenvalue weighted by atomic mass is 9.80. The molecule has 2 fully saturated rings. The van der Waals surface area contributed by atoms with Crippen molar-refractivity contribution in [1.82, 2.24) is 4.90 Å². The molecule has 0 saturated carbocycles. The Morgan fingerprint density at radius 1 is 1.44 bits per heavy atom. The Labute approximate surface area is 99.3 Å². The largest absolute Gasteiger partial charge is 0.381 e. The molecule has 3 nitrogen and oxygen atoms in total. The average Bonchev–Trinajstić information content (AvgIpc) is 2.98. The molecular weight excluding hydrogens is 200 g/mol. The predicted molar refractivity (Wildman–Crippen MR) is 66.4 cm³/mol. The second kappa shape index (κ2) is 5.03. The standard InChI is InChI=1S/C13H26N2O/c1-3-13(2,15-7-4-5-8-15)12(14)11-6-9-16-10-11/h11-12H,3-10,14H2,1-2H3. The fourth-order valence-electron chi connectivity index (χ4n) is 3.24. The Morgan fingerprint density at radius 2 is 2.12 bits per heavy atom. The van der Waals surface area contributed by atoms with Gasteiger partial charge in [0.15, 0.2) is 0 Å². The molecule has 2 N–H and O–H groups in total. The van der Waals surface area contributed by atoms with E-state index in [1.807, 2.05) is 0 Å². The second-order valence-corrected chi connectivity index (χ2v) is 5.55. The van der Waals surface area contributed by atoms with E-state index in [1.165, 1.54) is 25.9 Å². The zero-order valence-electron chi connectivity index (χ0n) is 10.7. The first-order valence-electron chi connectivity index (χ1n) is 6.77. The van der Waals surface area contributed by atoms with Crippen LogP contribution in [0.5, 0.6) is 0 Å². The maximum absolute atomic E-state index is 6.53. The summed E-state index contributed by atoms with van der Waals surface area (Å²) in [5, 5.41) is 0. The third-order valence-electron chi connectivity index (χ3n) is 4.74. The van der Waals surface area contributed by atoms with Gasteiger partial charge in [0.25, 0.3) is 0 Å². The van der Waals surface area contributed by atoms with Gasteiger partial charge in [-0.2, -0.15) is 0 Å². The maximum atomic E-state index is 6.53. The number of nitrogens with two attached hydrogens (primary N) is 1. The van der Waals surface area contributed by atoms with Gasteiger partial charge in [-0.1, -0.05) is 6.92 Å². The molecule has 94 valence electrons. The number of ether oxygens (including phenoxy) is 1. The molecule has 0 bridgehead atoms. The van der Waals surface area contributed by atoms with E-state index in [2.05, 4.69) is 18.7 Å². The number of rotatable bonds is 4. The minimum Gasteiger partial charge on any atom is -0.381 e. The molecule has 2 rings (SSSR count). The highest BCUT2D eigenvalue weighted by atomic mass is 16.5. The van der Waals surface area contributed by atoms with Gasteiger partial charge >= 0.3 is 0 Å². The first-order valence-corrected chi connectivity index (χ1v) is 6.77. The molecule has 0 aliphatic carbocycles. The molecule has 0 spiro atoms. The molecular formula is C13H26N2O. The quantitative estimate of drug-likeness (QED) is 0.791. The molecule has 3 atom stereocenters. The summed E-state index contributed by atoms with van der Waals surface area (Å²) in [5.74, 6) is 0.561. The van der Waals surface area contributed by atoms with Gasteiger partial charge in [0.2, 0.25) is 0 Å². The summed E-state index contributed by atoms with van der Waals surface area (Å²) >= 11 is 0. The molecule has 0 amide bonds. The summed E-state index contributed by atoms with van der Waals surface area (Å²) in [6, 6.07) is 0.262. The van der Waals surface area contributed by atoms with Crippen LogP contribution in [0.15, 0.2) is 0 Å². The van der Waals surface area contributed by atoms with Crippen LogP contribution in [-0.2, 0) is 4.74 Å². The summed E-state index contributed by atoms with van der Waals surface area (Å²) in [4.78, 5) is 2.61. The van der Waals surface area contributed by atoms with E-state index in [9.17, 15) is 0 Å². The lowest BCUT2D eigenvalue weighted by molar-refractivity contribution is 0.0697. The smallest absolute Gasteiger partial charge is 0.0510 e. The molecule has 3 heteroatoms. The van der Waals surface area contributed by atoms with Crippen LogP contribution in [0, 0.1) is 5.92 Å². The van der Waals surface area contributed by atoms with Crippen molar-refractivity contribution >= 4 is 0 Å². The first kappa shape index (κ1) is 12.3. The number of hydrogen-bond donors (Lipinski definition) is 1. The maximum Gasteiger partial charge on any atom is 0.0510 e. The highest BCUT2D eigenvalue weighted by Crippen LogP contribution is 2.32.